The van der Waals surface area contributed by atoms with Crippen LogP contribution >= 0.6 is 0 Å². The van der Waals surface area contributed by atoms with E-state index in [0.717, 1.165) is 44.0 Å². The highest BCUT2D eigenvalue weighted by Crippen LogP contribution is 2.17. The van der Waals surface area contributed by atoms with Gasteiger partial charge in [0, 0.05) is 31.3 Å². The van der Waals surface area contributed by atoms with E-state index in [1.54, 1.807) is 24.8 Å². The van der Waals surface area contributed by atoms with E-state index in [9.17, 15) is 4.79 Å². The third kappa shape index (κ3) is 6.41. The first-order chi connectivity index (χ1) is 13.3. The van der Waals surface area contributed by atoms with E-state index < -0.39 is 0 Å². The fourth-order valence-electron chi connectivity index (χ4n) is 3.49. The Bertz CT molecular complexity index is 673. The summed E-state index contributed by atoms with van der Waals surface area (Å²) in [5.74, 6) is 0.741. The summed E-state index contributed by atoms with van der Waals surface area (Å²) in [5, 5.41) is 9.91. The van der Waals surface area contributed by atoms with Gasteiger partial charge < -0.3 is 16.0 Å². The Morgan fingerprint density at radius 3 is 2.67 bits per heavy atom. The average Bonchev–Trinajstić information content (AvgIpc) is 2.73. The van der Waals surface area contributed by atoms with Gasteiger partial charge in [-0.15, -0.1) is 0 Å². The van der Waals surface area contributed by atoms with Crippen LogP contribution in [0.25, 0.3) is 0 Å². The number of hydrogen-bond donors (Lipinski definition) is 3. The van der Waals surface area contributed by atoms with E-state index in [2.05, 4.69) is 25.9 Å². The SMILES string of the molecule is O=C(NCCc1ccncc1)C(NCCC1CCNCC1)c1cccnc1. The molecule has 0 bridgehead atoms. The van der Waals surface area contributed by atoms with E-state index in [1.165, 1.54) is 18.4 Å². The van der Waals surface area contributed by atoms with Crippen LogP contribution in [0.2, 0.25) is 0 Å². The minimum absolute atomic E-state index is 0.00219. The van der Waals surface area contributed by atoms with Gasteiger partial charge in [0.25, 0.3) is 0 Å². The Morgan fingerprint density at radius 1 is 1.11 bits per heavy atom. The Kier molecular flexibility index (Phi) is 7.74. The van der Waals surface area contributed by atoms with Crippen LogP contribution in [0.15, 0.2) is 49.1 Å². The summed E-state index contributed by atoms with van der Waals surface area (Å²) in [4.78, 5) is 21.0. The molecule has 6 nitrogen and oxygen atoms in total. The van der Waals surface area contributed by atoms with Crippen molar-refractivity contribution < 1.29 is 4.79 Å². The lowest BCUT2D eigenvalue weighted by Crippen LogP contribution is -2.39. The molecule has 1 aliphatic rings. The molecule has 6 heteroatoms. The molecule has 3 rings (SSSR count). The summed E-state index contributed by atoms with van der Waals surface area (Å²) < 4.78 is 0. The maximum atomic E-state index is 12.8. The van der Waals surface area contributed by atoms with Gasteiger partial charge in [0.15, 0.2) is 0 Å². The van der Waals surface area contributed by atoms with Crippen molar-refractivity contribution in [2.75, 3.05) is 26.2 Å². The predicted octanol–water partition coefficient (Wildman–Crippen LogP) is 1.86. The highest BCUT2D eigenvalue weighted by atomic mass is 16.2. The van der Waals surface area contributed by atoms with Crippen LogP contribution in [0.1, 0.15) is 36.4 Å². The molecule has 0 aliphatic carbocycles. The molecule has 27 heavy (non-hydrogen) atoms. The predicted molar refractivity (Wildman–Crippen MR) is 106 cm³/mol. The number of pyridine rings is 2. The van der Waals surface area contributed by atoms with Crippen LogP contribution in [0.4, 0.5) is 0 Å². The number of nitrogens with one attached hydrogen (secondary N) is 3. The lowest BCUT2D eigenvalue weighted by Gasteiger charge is -2.24. The van der Waals surface area contributed by atoms with Crippen molar-refractivity contribution in [1.82, 2.24) is 25.9 Å². The fourth-order valence-corrected chi connectivity index (χ4v) is 3.49. The van der Waals surface area contributed by atoms with E-state index in [4.69, 9.17) is 0 Å². The van der Waals surface area contributed by atoms with Crippen LogP contribution in [0, 0.1) is 5.92 Å². The molecule has 2 aromatic heterocycles. The summed E-state index contributed by atoms with van der Waals surface area (Å²) in [6.45, 7) is 3.65. The zero-order valence-corrected chi connectivity index (χ0v) is 15.7. The molecule has 0 aromatic carbocycles. The molecule has 0 radical (unpaired) electrons. The first-order valence-electron chi connectivity index (χ1n) is 9.83. The number of nitrogens with zero attached hydrogens (tertiary/aromatic N) is 2. The summed E-state index contributed by atoms with van der Waals surface area (Å²) in [5.41, 5.74) is 2.08. The smallest absolute Gasteiger partial charge is 0.241 e. The highest BCUT2D eigenvalue weighted by Gasteiger charge is 2.21. The zero-order chi connectivity index (χ0) is 18.7. The summed E-state index contributed by atoms with van der Waals surface area (Å²) in [7, 11) is 0. The second-order valence-corrected chi connectivity index (χ2v) is 7.05. The largest absolute Gasteiger partial charge is 0.354 e. The number of aromatic nitrogens is 2. The lowest BCUT2D eigenvalue weighted by atomic mass is 9.94. The molecule has 2 aromatic rings. The molecule has 1 aliphatic heterocycles. The summed E-state index contributed by atoms with van der Waals surface area (Å²) in [6.07, 6.45) is 11.4. The van der Waals surface area contributed by atoms with Gasteiger partial charge in [-0.05, 0) is 80.6 Å². The molecule has 0 saturated carbocycles. The van der Waals surface area contributed by atoms with Crippen molar-refractivity contribution in [3.8, 4) is 0 Å². The Morgan fingerprint density at radius 2 is 1.93 bits per heavy atom. The van der Waals surface area contributed by atoms with Crippen molar-refractivity contribution in [3.63, 3.8) is 0 Å². The monoisotopic (exact) mass is 367 g/mol. The highest BCUT2D eigenvalue weighted by molar-refractivity contribution is 5.83. The first kappa shape index (κ1) is 19.5. The van der Waals surface area contributed by atoms with E-state index >= 15 is 0 Å². The molecular formula is C21H29N5O. The maximum Gasteiger partial charge on any atom is 0.241 e. The van der Waals surface area contributed by atoms with Gasteiger partial charge in [-0.1, -0.05) is 6.07 Å². The zero-order valence-electron chi connectivity index (χ0n) is 15.7. The van der Waals surface area contributed by atoms with Gasteiger partial charge in [0.2, 0.25) is 5.91 Å². The molecule has 3 heterocycles. The van der Waals surface area contributed by atoms with E-state index in [-0.39, 0.29) is 11.9 Å². The van der Waals surface area contributed by atoms with Crippen molar-refractivity contribution >= 4 is 5.91 Å². The van der Waals surface area contributed by atoms with Crippen LogP contribution in [0.5, 0.6) is 0 Å². The minimum atomic E-state index is -0.363. The van der Waals surface area contributed by atoms with Crippen molar-refractivity contribution in [2.45, 2.75) is 31.7 Å². The van der Waals surface area contributed by atoms with Gasteiger partial charge >= 0.3 is 0 Å². The summed E-state index contributed by atoms with van der Waals surface area (Å²) >= 11 is 0. The molecular weight excluding hydrogens is 338 g/mol. The molecule has 3 N–H and O–H groups in total. The average molecular weight is 367 g/mol. The van der Waals surface area contributed by atoms with E-state index in [1.807, 2.05) is 24.3 Å². The number of carbonyl (C=O) groups is 1. The van der Waals surface area contributed by atoms with Gasteiger partial charge in [0.05, 0.1) is 0 Å². The van der Waals surface area contributed by atoms with Crippen molar-refractivity contribution in [3.05, 3.63) is 60.2 Å². The second kappa shape index (κ2) is 10.7. The lowest BCUT2D eigenvalue weighted by molar-refractivity contribution is -0.123. The van der Waals surface area contributed by atoms with Gasteiger partial charge in [0.1, 0.15) is 6.04 Å². The van der Waals surface area contributed by atoms with E-state index in [0.29, 0.717) is 6.54 Å². The van der Waals surface area contributed by atoms with Crippen LogP contribution in [-0.4, -0.2) is 42.1 Å². The molecule has 1 atom stereocenters. The molecule has 1 fully saturated rings. The standard InChI is InChI=1S/C21H29N5O/c27-21(26-15-8-18-5-12-23-13-6-18)20(19-2-1-9-24-16-19)25-14-7-17-3-10-22-11-4-17/h1-2,5-6,9,12-13,16-17,20,22,25H,3-4,7-8,10-11,14-15H2,(H,26,27). The molecule has 0 spiro atoms. The fraction of sp³-hybridized carbons (Fsp3) is 0.476. The van der Waals surface area contributed by atoms with Crippen LogP contribution < -0.4 is 16.0 Å². The third-order valence-electron chi connectivity index (χ3n) is 5.10. The second-order valence-electron chi connectivity index (χ2n) is 7.05. The normalized spacial score (nSPS) is 16.0. The Balaban J connectivity index is 1.51. The van der Waals surface area contributed by atoms with Gasteiger partial charge in [-0.3, -0.25) is 14.8 Å². The molecule has 144 valence electrons. The number of piperidine rings is 1. The number of carbonyl (C=O) groups excluding carboxylic acids is 1. The number of hydrogen-bond acceptors (Lipinski definition) is 5. The molecule has 1 amide bonds. The topological polar surface area (TPSA) is 78.9 Å². The number of rotatable bonds is 9. The van der Waals surface area contributed by atoms with Crippen molar-refractivity contribution in [1.29, 1.82) is 0 Å². The Labute approximate surface area is 161 Å². The van der Waals surface area contributed by atoms with Crippen LogP contribution in [-0.2, 0) is 11.2 Å². The summed E-state index contributed by atoms with van der Waals surface area (Å²) in [6, 6.07) is 7.42. The Hall–Kier alpha value is -2.31. The molecule has 1 saturated heterocycles. The minimum Gasteiger partial charge on any atom is -0.354 e. The first-order valence-corrected chi connectivity index (χ1v) is 9.83. The molecule has 1 unspecified atom stereocenters. The van der Waals surface area contributed by atoms with Crippen LogP contribution in [0.3, 0.4) is 0 Å². The quantitative estimate of drug-likeness (QED) is 0.630. The third-order valence-corrected chi connectivity index (χ3v) is 5.10. The van der Waals surface area contributed by atoms with Gasteiger partial charge in [-0.2, -0.15) is 0 Å². The van der Waals surface area contributed by atoms with Gasteiger partial charge in [-0.25, -0.2) is 0 Å². The number of amides is 1. The maximum absolute atomic E-state index is 12.8. The van der Waals surface area contributed by atoms with Crippen molar-refractivity contribution in [2.24, 2.45) is 5.92 Å².